The van der Waals surface area contributed by atoms with Gasteiger partial charge >= 0.3 is 0 Å². The second-order valence-electron chi connectivity index (χ2n) is 4.53. The van der Waals surface area contributed by atoms with Crippen molar-refractivity contribution in [1.29, 1.82) is 0 Å². The molecule has 0 saturated carbocycles. The minimum Gasteiger partial charge on any atom is -0.314 e. The first-order valence-corrected chi connectivity index (χ1v) is 6.04. The van der Waals surface area contributed by atoms with E-state index in [-0.39, 0.29) is 5.56 Å². The molecule has 2 nitrogen and oxygen atoms in total. The Morgan fingerprint density at radius 3 is 2.35 bits per heavy atom. The Hall–Kier alpha value is -1.00. The van der Waals surface area contributed by atoms with Gasteiger partial charge in [-0.25, -0.2) is 8.78 Å². The average Bonchev–Trinajstić information content (AvgIpc) is 2.34. The largest absolute Gasteiger partial charge is 0.314 e. The predicted molar refractivity (Wildman–Crippen MR) is 64.1 cm³/mol. The number of nitrogens with one attached hydrogen (secondary N) is 1. The summed E-state index contributed by atoms with van der Waals surface area (Å²) in [5.74, 6) is -0.888. The summed E-state index contributed by atoms with van der Waals surface area (Å²) < 4.78 is 26.7. The molecule has 0 aromatic heterocycles. The standard InChI is InChI=1S/C13H18F2N2/c1-10-12(14)8-11(9-13(10)15)2-5-17-6-3-16-4-7-17/h8-9,16H,2-7H2,1H3. The molecular weight excluding hydrogens is 222 g/mol. The maximum Gasteiger partial charge on any atom is 0.129 e. The minimum absolute atomic E-state index is 0.107. The third kappa shape index (κ3) is 3.23. The van der Waals surface area contributed by atoms with Crippen LogP contribution in [0.1, 0.15) is 11.1 Å². The first-order valence-electron chi connectivity index (χ1n) is 6.04. The highest BCUT2D eigenvalue weighted by Crippen LogP contribution is 2.14. The minimum atomic E-state index is -0.444. The van der Waals surface area contributed by atoms with Crippen LogP contribution in [0, 0.1) is 18.6 Å². The highest BCUT2D eigenvalue weighted by molar-refractivity contribution is 5.25. The summed E-state index contributed by atoms with van der Waals surface area (Å²) in [6.45, 7) is 6.34. The third-order valence-electron chi connectivity index (χ3n) is 3.27. The first-order chi connectivity index (χ1) is 8.16. The number of benzene rings is 1. The molecule has 1 aliphatic rings. The van der Waals surface area contributed by atoms with Gasteiger partial charge < -0.3 is 10.2 Å². The summed E-state index contributed by atoms with van der Waals surface area (Å²) in [6.07, 6.45) is 0.702. The Labute approximate surface area is 101 Å². The topological polar surface area (TPSA) is 15.3 Å². The fourth-order valence-corrected chi connectivity index (χ4v) is 2.06. The Kier molecular flexibility index (Phi) is 4.07. The lowest BCUT2D eigenvalue weighted by Gasteiger charge is -2.27. The fraction of sp³-hybridized carbons (Fsp3) is 0.538. The molecule has 4 heteroatoms. The van der Waals surface area contributed by atoms with Crippen LogP contribution >= 0.6 is 0 Å². The second kappa shape index (κ2) is 5.56. The van der Waals surface area contributed by atoms with Gasteiger partial charge in [0.25, 0.3) is 0 Å². The van der Waals surface area contributed by atoms with Crippen LogP contribution in [-0.4, -0.2) is 37.6 Å². The molecule has 1 saturated heterocycles. The Balaban J connectivity index is 1.94. The van der Waals surface area contributed by atoms with E-state index in [9.17, 15) is 8.78 Å². The quantitative estimate of drug-likeness (QED) is 0.865. The summed E-state index contributed by atoms with van der Waals surface area (Å²) in [6, 6.07) is 2.89. The van der Waals surface area contributed by atoms with E-state index in [0.717, 1.165) is 38.3 Å². The molecule has 2 rings (SSSR count). The van der Waals surface area contributed by atoms with Crippen LogP contribution in [0.2, 0.25) is 0 Å². The maximum absolute atomic E-state index is 13.3. The SMILES string of the molecule is Cc1c(F)cc(CCN2CCNCC2)cc1F. The zero-order valence-corrected chi connectivity index (χ0v) is 10.1. The molecular formula is C13H18F2N2. The van der Waals surface area contributed by atoms with Crippen molar-refractivity contribution in [3.63, 3.8) is 0 Å². The summed E-state index contributed by atoms with van der Waals surface area (Å²) in [5.41, 5.74) is 0.847. The molecule has 94 valence electrons. The van der Waals surface area contributed by atoms with E-state index in [1.165, 1.54) is 19.1 Å². The van der Waals surface area contributed by atoms with E-state index in [4.69, 9.17) is 0 Å². The van der Waals surface area contributed by atoms with Crippen LogP contribution in [-0.2, 0) is 6.42 Å². The zero-order valence-electron chi connectivity index (χ0n) is 10.1. The molecule has 1 fully saturated rings. The Bertz CT molecular complexity index is 364. The predicted octanol–water partition coefficient (Wildman–Crippen LogP) is 1.72. The van der Waals surface area contributed by atoms with Gasteiger partial charge in [-0.1, -0.05) is 0 Å². The maximum atomic E-state index is 13.3. The smallest absolute Gasteiger partial charge is 0.129 e. The van der Waals surface area contributed by atoms with E-state index in [2.05, 4.69) is 10.2 Å². The van der Waals surface area contributed by atoms with Crippen molar-refractivity contribution >= 4 is 0 Å². The number of hydrogen-bond donors (Lipinski definition) is 1. The van der Waals surface area contributed by atoms with Crippen LogP contribution in [0.15, 0.2) is 12.1 Å². The molecule has 0 radical (unpaired) electrons. The van der Waals surface area contributed by atoms with Gasteiger partial charge in [0.15, 0.2) is 0 Å². The molecule has 1 aromatic carbocycles. The van der Waals surface area contributed by atoms with Gasteiger partial charge in [-0.15, -0.1) is 0 Å². The van der Waals surface area contributed by atoms with Crippen molar-refractivity contribution in [2.75, 3.05) is 32.7 Å². The Morgan fingerprint density at radius 1 is 1.18 bits per heavy atom. The van der Waals surface area contributed by atoms with Crippen molar-refractivity contribution in [3.05, 3.63) is 34.9 Å². The summed E-state index contributed by atoms with van der Waals surface area (Å²) in [4.78, 5) is 2.31. The summed E-state index contributed by atoms with van der Waals surface area (Å²) in [5, 5.41) is 3.28. The van der Waals surface area contributed by atoms with Gasteiger partial charge in [0, 0.05) is 38.3 Å². The van der Waals surface area contributed by atoms with Gasteiger partial charge in [0.05, 0.1) is 0 Å². The van der Waals surface area contributed by atoms with E-state index in [1.807, 2.05) is 0 Å². The molecule has 0 atom stereocenters. The highest BCUT2D eigenvalue weighted by Gasteiger charge is 2.11. The molecule has 0 amide bonds. The van der Waals surface area contributed by atoms with Crippen molar-refractivity contribution in [1.82, 2.24) is 10.2 Å². The molecule has 1 aromatic rings. The number of piperazine rings is 1. The fourth-order valence-electron chi connectivity index (χ4n) is 2.06. The highest BCUT2D eigenvalue weighted by atomic mass is 19.1. The lowest BCUT2D eigenvalue weighted by atomic mass is 10.1. The normalized spacial score (nSPS) is 17.4. The van der Waals surface area contributed by atoms with Gasteiger partial charge in [-0.3, -0.25) is 0 Å². The lowest BCUT2D eigenvalue weighted by molar-refractivity contribution is 0.243. The van der Waals surface area contributed by atoms with Crippen molar-refractivity contribution < 1.29 is 8.78 Å². The van der Waals surface area contributed by atoms with Gasteiger partial charge in [0.2, 0.25) is 0 Å². The molecule has 17 heavy (non-hydrogen) atoms. The van der Waals surface area contributed by atoms with Crippen molar-refractivity contribution in [2.24, 2.45) is 0 Å². The average molecular weight is 240 g/mol. The van der Waals surface area contributed by atoms with Crippen LogP contribution in [0.25, 0.3) is 0 Å². The molecule has 0 aliphatic carbocycles. The van der Waals surface area contributed by atoms with Crippen molar-refractivity contribution in [2.45, 2.75) is 13.3 Å². The van der Waals surface area contributed by atoms with Crippen LogP contribution in [0.3, 0.4) is 0 Å². The van der Waals surface area contributed by atoms with E-state index < -0.39 is 11.6 Å². The van der Waals surface area contributed by atoms with Crippen LogP contribution in [0.5, 0.6) is 0 Å². The van der Waals surface area contributed by atoms with Crippen molar-refractivity contribution in [3.8, 4) is 0 Å². The lowest BCUT2D eigenvalue weighted by Crippen LogP contribution is -2.44. The first kappa shape index (κ1) is 12.5. The zero-order chi connectivity index (χ0) is 12.3. The number of halogens is 2. The van der Waals surface area contributed by atoms with Gasteiger partial charge in [-0.05, 0) is 31.0 Å². The van der Waals surface area contributed by atoms with E-state index >= 15 is 0 Å². The molecule has 0 unspecified atom stereocenters. The van der Waals surface area contributed by atoms with Gasteiger partial charge in [-0.2, -0.15) is 0 Å². The molecule has 1 aliphatic heterocycles. The molecule has 1 heterocycles. The molecule has 1 N–H and O–H groups in total. The monoisotopic (exact) mass is 240 g/mol. The van der Waals surface area contributed by atoms with Gasteiger partial charge in [0.1, 0.15) is 11.6 Å². The Morgan fingerprint density at radius 2 is 1.76 bits per heavy atom. The summed E-state index contributed by atoms with van der Waals surface area (Å²) in [7, 11) is 0. The molecule has 0 spiro atoms. The third-order valence-corrected chi connectivity index (χ3v) is 3.27. The molecule has 0 bridgehead atoms. The summed E-state index contributed by atoms with van der Waals surface area (Å²) >= 11 is 0. The van der Waals surface area contributed by atoms with Crippen LogP contribution in [0.4, 0.5) is 8.78 Å². The second-order valence-corrected chi connectivity index (χ2v) is 4.53. The number of hydrogen-bond acceptors (Lipinski definition) is 2. The van der Waals surface area contributed by atoms with E-state index in [0.29, 0.717) is 6.42 Å². The number of rotatable bonds is 3. The number of nitrogens with zero attached hydrogens (tertiary/aromatic N) is 1. The van der Waals surface area contributed by atoms with E-state index in [1.54, 1.807) is 0 Å². The van der Waals surface area contributed by atoms with Crippen LogP contribution < -0.4 is 5.32 Å².